The third-order valence-electron chi connectivity index (χ3n) is 3.33. The molecule has 0 heterocycles. The van der Waals surface area contributed by atoms with Gasteiger partial charge in [-0.3, -0.25) is 4.79 Å². The molecule has 0 aliphatic carbocycles. The number of methoxy groups -OCH3 is 2. The molecule has 0 amide bonds. The highest BCUT2D eigenvalue weighted by Gasteiger charge is 2.09. The number of ketones is 1. The van der Waals surface area contributed by atoms with Gasteiger partial charge in [0.1, 0.15) is 11.5 Å². The van der Waals surface area contributed by atoms with Crippen molar-refractivity contribution in [1.29, 1.82) is 0 Å². The molecule has 0 saturated heterocycles. The van der Waals surface area contributed by atoms with Crippen molar-refractivity contribution in [3.8, 4) is 11.5 Å². The molecule has 0 bridgehead atoms. The zero-order chi connectivity index (χ0) is 18.2. The van der Waals surface area contributed by atoms with E-state index in [-0.39, 0.29) is 12.4 Å². The molecule has 0 aromatic heterocycles. The van der Waals surface area contributed by atoms with Gasteiger partial charge in [0.2, 0.25) is 0 Å². The molecule has 130 valence electrons. The number of halogens is 1. The molecular formula is C19H17BrO5. The average Bonchev–Trinajstić information content (AvgIpc) is 2.64. The van der Waals surface area contributed by atoms with Gasteiger partial charge in [0.25, 0.3) is 0 Å². The summed E-state index contributed by atoms with van der Waals surface area (Å²) in [5, 5.41) is 0. The topological polar surface area (TPSA) is 61.8 Å². The quantitative estimate of drug-likeness (QED) is 0.397. The van der Waals surface area contributed by atoms with Crippen molar-refractivity contribution in [3.63, 3.8) is 0 Å². The van der Waals surface area contributed by atoms with Crippen LogP contribution in [-0.2, 0) is 9.53 Å². The summed E-state index contributed by atoms with van der Waals surface area (Å²) in [6, 6.07) is 12.1. The first-order valence-electron chi connectivity index (χ1n) is 7.39. The fraction of sp³-hybridized carbons (Fsp3) is 0.158. The van der Waals surface area contributed by atoms with Gasteiger partial charge in [-0.25, -0.2) is 4.79 Å². The molecule has 0 spiro atoms. The summed E-state index contributed by atoms with van der Waals surface area (Å²) in [5.41, 5.74) is 1.14. The minimum absolute atomic E-state index is 0.305. The fourth-order valence-electron chi connectivity index (χ4n) is 2.06. The van der Waals surface area contributed by atoms with Crippen LogP contribution in [-0.4, -0.2) is 32.6 Å². The largest absolute Gasteiger partial charge is 0.497 e. The number of hydrogen-bond acceptors (Lipinski definition) is 5. The van der Waals surface area contributed by atoms with E-state index in [0.717, 1.165) is 4.47 Å². The highest BCUT2D eigenvalue weighted by molar-refractivity contribution is 9.10. The number of ether oxygens (including phenoxy) is 3. The summed E-state index contributed by atoms with van der Waals surface area (Å²) < 4.78 is 16.1. The van der Waals surface area contributed by atoms with E-state index in [1.807, 2.05) is 12.1 Å². The second-order valence-electron chi connectivity index (χ2n) is 4.98. The summed E-state index contributed by atoms with van der Waals surface area (Å²) in [5.74, 6) is 0.275. The van der Waals surface area contributed by atoms with Gasteiger partial charge < -0.3 is 14.2 Å². The van der Waals surface area contributed by atoms with E-state index >= 15 is 0 Å². The Balaban J connectivity index is 1.96. The zero-order valence-electron chi connectivity index (χ0n) is 13.8. The lowest BCUT2D eigenvalue weighted by atomic mass is 10.1. The minimum Gasteiger partial charge on any atom is -0.497 e. The van der Waals surface area contributed by atoms with Crippen molar-refractivity contribution < 1.29 is 23.8 Å². The van der Waals surface area contributed by atoms with Crippen LogP contribution in [0.3, 0.4) is 0 Å². The molecule has 2 aromatic carbocycles. The molecule has 0 atom stereocenters. The normalized spacial score (nSPS) is 10.5. The van der Waals surface area contributed by atoms with Gasteiger partial charge in [-0.15, -0.1) is 0 Å². The molecule has 0 N–H and O–H groups in total. The molecule has 0 aliphatic rings. The van der Waals surface area contributed by atoms with Gasteiger partial charge in [-0.05, 0) is 36.4 Å². The third kappa shape index (κ3) is 5.46. The third-order valence-corrected chi connectivity index (χ3v) is 3.82. The number of carbonyl (C=O) groups excluding carboxylic acids is 2. The standard InChI is InChI=1S/C19H17BrO5/c1-23-16-5-3-4-13(11-16)17(21)12-25-19(22)9-6-14-10-15(20)7-8-18(14)24-2/h3-11H,12H2,1-2H3/b9-6+. The van der Waals surface area contributed by atoms with Gasteiger partial charge >= 0.3 is 5.97 Å². The van der Waals surface area contributed by atoms with E-state index < -0.39 is 5.97 Å². The zero-order valence-corrected chi connectivity index (χ0v) is 15.4. The van der Waals surface area contributed by atoms with Crippen LogP contribution in [0.1, 0.15) is 15.9 Å². The lowest BCUT2D eigenvalue weighted by Gasteiger charge is -2.05. The Hall–Kier alpha value is -2.60. The first-order valence-corrected chi connectivity index (χ1v) is 8.18. The van der Waals surface area contributed by atoms with Crippen LogP contribution in [0.5, 0.6) is 11.5 Å². The number of Topliss-reactive ketones (excluding diaryl/α,β-unsaturated/α-hetero) is 1. The van der Waals surface area contributed by atoms with Crippen LogP contribution in [0.4, 0.5) is 0 Å². The van der Waals surface area contributed by atoms with Gasteiger partial charge in [0.05, 0.1) is 14.2 Å². The van der Waals surface area contributed by atoms with E-state index in [9.17, 15) is 9.59 Å². The first-order chi connectivity index (χ1) is 12.0. The number of esters is 1. The SMILES string of the molecule is COc1cccc(C(=O)COC(=O)/C=C/c2cc(Br)ccc2OC)c1. The summed E-state index contributed by atoms with van der Waals surface area (Å²) in [6.45, 7) is -0.341. The lowest BCUT2D eigenvalue weighted by molar-refractivity contribution is -0.136. The van der Waals surface area contributed by atoms with Gasteiger partial charge in [0.15, 0.2) is 12.4 Å². The molecule has 6 heteroatoms. The second kappa shape index (κ2) is 9.03. The maximum atomic E-state index is 12.1. The van der Waals surface area contributed by atoms with Gasteiger partial charge in [-0.2, -0.15) is 0 Å². The monoisotopic (exact) mass is 404 g/mol. The Labute approximate surface area is 154 Å². The van der Waals surface area contributed by atoms with Crippen LogP contribution in [0.15, 0.2) is 53.0 Å². The maximum Gasteiger partial charge on any atom is 0.331 e. The molecule has 0 saturated carbocycles. The van der Waals surface area contributed by atoms with E-state index in [1.165, 1.54) is 13.2 Å². The molecule has 2 aromatic rings. The molecular weight excluding hydrogens is 388 g/mol. The molecule has 0 fully saturated rings. The smallest absolute Gasteiger partial charge is 0.331 e. The number of rotatable bonds is 7. The van der Waals surface area contributed by atoms with Crippen LogP contribution in [0.25, 0.3) is 6.08 Å². The molecule has 2 rings (SSSR count). The van der Waals surface area contributed by atoms with Crippen LogP contribution in [0.2, 0.25) is 0 Å². The number of benzene rings is 2. The van der Waals surface area contributed by atoms with E-state index in [2.05, 4.69) is 15.9 Å². The Morgan fingerprint density at radius 2 is 1.88 bits per heavy atom. The van der Waals surface area contributed by atoms with Crippen LogP contribution >= 0.6 is 15.9 Å². The van der Waals surface area contributed by atoms with E-state index in [1.54, 1.807) is 43.5 Å². The summed E-state index contributed by atoms with van der Waals surface area (Å²) >= 11 is 3.36. The first kappa shape index (κ1) is 18.7. The maximum absolute atomic E-state index is 12.1. The Bertz CT molecular complexity index is 798. The highest BCUT2D eigenvalue weighted by Crippen LogP contribution is 2.24. The summed E-state index contributed by atoms with van der Waals surface area (Å²) in [7, 11) is 3.07. The van der Waals surface area contributed by atoms with Crippen molar-refractivity contribution >= 4 is 33.8 Å². The summed E-state index contributed by atoms with van der Waals surface area (Å²) in [6.07, 6.45) is 2.82. The Morgan fingerprint density at radius 1 is 1.08 bits per heavy atom. The Morgan fingerprint density at radius 3 is 2.60 bits per heavy atom. The highest BCUT2D eigenvalue weighted by atomic mass is 79.9. The van der Waals surface area contributed by atoms with Crippen molar-refractivity contribution in [3.05, 3.63) is 64.1 Å². The van der Waals surface area contributed by atoms with Gasteiger partial charge in [0, 0.05) is 21.7 Å². The molecule has 5 nitrogen and oxygen atoms in total. The number of hydrogen-bond donors (Lipinski definition) is 0. The number of carbonyl (C=O) groups is 2. The predicted molar refractivity (Wildman–Crippen MR) is 98.0 cm³/mol. The van der Waals surface area contributed by atoms with Crippen molar-refractivity contribution in [2.24, 2.45) is 0 Å². The predicted octanol–water partition coefficient (Wildman–Crippen LogP) is 3.91. The van der Waals surface area contributed by atoms with E-state index in [0.29, 0.717) is 22.6 Å². The molecule has 0 radical (unpaired) electrons. The van der Waals surface area contributed by atoms with Crippen LogP contribution < -0.4 is 9.47 Å². The molecule has 25 heavy (non-hydrogen) atoms. The Kier molecular flexibility index (Phi) is 6.77. The molecule has 0 aliphatic heterocycles. The second-order valence-corrected chi connectivity index (χ2v) is 5.90. The minimum atomic E-state index is -0.613. The van der Waals surface area contributed by atoms with E-state index in [4.69, 9.17) is 14.2 Å². The lowest BCUT2D eigenvalue weighted by Crippen LogP contribution is -2.12. The van der Waals surface area contributed by atoms with Crippen LogP contribution in [0, 0.1) is 0 Å². The van der Waals surface area contributed by atoms with Gasteiger partial charge in [-0.1, -0.05) is 28.1 Å². The van der Waals surface area contributed by atoms with Crippen molar-refractivity contribution in [2.45, 2.75) is 0 Å². The summed E-state index contributed by atoms with van der Waals surface area (Å²) in [4.78, 5) is 23.9. The van der Waals surface area contributed by atoms with Crippen molar-refractivity contribution in [1.82, 2.24) is 0 Å². The fourth-order valence-corrected chi connectivity index (χ4v) is 2.44. The average molecular weight is 405 g/mol. The van der Waals surface area contributed by atoms with Crippen molar-refractivity contribution in [2.75, 3.05) is 20.8 Å². The molecule has 0 unspecified atom stereocenters.